The number of carbonyl (C=O) groups excluding carboxylic acids is 2. The van der Waals surface area contributed by atoms with Crippen LogP contribution in [0.25, 0.3) is 0 Å². The van der Waals surface area contributed by atoms with Crippen LogP contribution in [0.5, 0.6) is 0 Å². The first-order valence-electron chi connectivity index (χ1n) is 13.7. The molecule has 0 spiro atoms. The van der Waals surface area contributed by atoms with Crippen LogP contribution in [0.4, 0.5) is 5.00 Å². The molecule has 3 rings (SSSR count). The molecule has 1 N–H and O–H groups in total. The minimum absolute atomic E-state index is 0.177. The molecule has 0 radical (unpaired) electrons. The number of amides is 1. The Kier molecular flexibility index (Phi) is 11.3. The quantitative estimate of drug-likeness (QED) is 0.304. The first-order valence-corrected chi connectivity index (χ1v) is 16.0. The summed E-state index contributed by atoms with van der Waals surface area (Å²) in [5.74, 6) is -0.817. The Morgan fingerprint density at radius 2 is 1.68 bits per heavy atom. The van der Waals surface area contributed by atoms with Crippen molar-refractivity contribution in [1.29, 1.82) is 0 Å². The summed E-state index contributed by atoms with van der Waals surface area (Å²) in [6.07, 6.45) is 5.20. The van der Waals surface area contributed by atoms with Gasteiger partial charge in [-0.15, -0.1) is 11.3 Å². The van der Waals surface area contributed by atoms with Crippen LogP contribution in [-0.2, 0) is 27.7 Å². The summed E-state index contributed by atoms with van der Waals surface area (Å²) < 4.78 is 33.4. The molecule has 0 bridgehead atoms. The number of hydrogen-bond donors (Lipinski definition) is 1. The van der Waals surface area contributed by atoms with Gasteiger partial charge in [-0.3, -0.25) is 9.69 Å². The maximum absolute atomic E-state index is 13.3. The minimum atomic E-state index is -3.65. The summed E-state index contributed by atoms with van der Waals surface area (Å²) in [6.45, 7) is 11.8. The Labute approximate surface area is 231 Å². The standard InChI is InChI=1S/C28H41N3O5S2/c1-5-9-17-31(18-10-6-2)38(34,35)22-13-11-21(12-14-22)26(32)29-27-25(28(33)36-8-4)23-15-19-30(16-7-3)20-24(23)37-27/h11-14H,5-10,15-20H2,1-4H3,(H,29,32). The number of nitrogens with one attached hydrogen (secondary N) is 1. The number of thiophene rings is 1. The van der Waals surface area contributed by atoms with Gasteiger partial charge in [0.1, 0.15) is 5.00 Å². The van der Waals surface area contributed by atoms with Crippen molar-refractivity contribution in [3.8, 4) is 0 Å². The molecule has 0 unspecified atom stereocenters. The summed E-state index contributed by atoms with van der Waals surface area (Å²) in [4.78, 5) is 29.6. The molecule has 0 aliphatic carbocycles. The van der Waals surface area contributed by atoms with Crippen LogP contribution in [0.3, 0.4) is 0 Å². The molecule has 0 saturated heterocycles. The van der Waals surface area contributed by atoms with E-state index in [9.17, 15) is 18.0 Å². The van der Waals surface area contributed by atoms with Crippen LogP contribution >= 0.6 is 11.3 Å². The maximum atomic E-state index is 13.3. The molecule has 1 amide bonds. The Morgan fingerprint density at radius 1 is 1.03 bits per heavy atom. The first-order chi connectivity index (χ1) is 18.3. The van der Waals surface area contributed by atoms with Gasteiger partial charge in [0.25, 0.3) is 5.91 Å². The first kappa shape index (κ1) is 30.3. The van der Waals surface area contributed by atoms with Crippen LogP contribution in [-0.4, -0.2) is 62.3 Å². The van der Waals surface area contributed by atoms with E-state index in [2.05, 4.69) is 17.1 Å². The van der Waals surface area contributed by atoms with E-state index in [-0.39, 0.29) is 11.5 Å². The Hall–Kier alpha value is -2.27. The molecule has 0 fully saturated rings. The average Bonchev–Trinajstić information content (AvgIpc) is 3.26. The summed E-state index contributed by atoms with van der Waals surface area (Å²) in [5, 5.41) is 3.39. The highest BCUT2D eigenvalue weighted by Crippen LogP contribution is 2.38. The van der Waals surface area contributed by atoms with Crippen LogP contribution < -0.4 is 5.32 Å². The molecule has 0 atom stereocenters. The zero-order valence-corrected chi connectivity index (χ0v) is 24.7. The van der Waals surface area contributed by atoms with Crippen molar-refractivity contribution < 1.29 is 22.7 Å². The van der Waals surface area contributed by atoms with E-state index >= 15 is 0 Å². The highest BCUT2D eigenvalue weighted by atomic mass is 32.2. The molecule has 2 heterocycles. The Bertz CT molecular complexity index is 1180. The van der Waals surface area contributed by atoms with E-state index in [0.717, 1.165) is 68.6 Å². The van der Waals surface area contributed by atoms with Gasteiger partial charge in [0.05, 0.1) is 17.1 Å². The number of unbranched alkanes of at least 4 members (excludes halogenated alkanes) is 2. The second-order valence-corrected chi connectivity index (χ2v) is 12.6. The number of rotatable bonds is 14. The van der Waals surface area contributed by atoms with Crippen molar-refractivity contribution >= 4 is 38.2 Å². The van der Waals surface area contributed by atoms with Crippen molar-refractivity contribution in [1.82, 2.24) is 9.21 Å². The van der Waals surface area contributed by atoms with E-state index in [4.69, 9.17) is 4.74 Å². The summed E-state index contributed by atoms with van der Waals surface area (Å²) >= 11 is 1.42. The van der Waals surface area contributed by atoms with Crippen LogP contribution in [0.15, 0.2) is 29.2 Å². The van der Waals surface area contributed by atoms with E-state index < -0.39 is 21.9 Å². The highest BCUT2D eigenvalue weighted by Gasteiger charge is 2.30. The summed E-state index contributed by atoms with van der Waals surface area (Å²) in [6, 6.07) is 6.04. The van der Waals surface area contributed by atoms with E-state index in [0.29, 0.717) is 29.2 Å². The lowest BCUT2D eigenvalue weighted by atomic mass is 10.0. The fourth-order valence-electron chi connectivity index (χ4n) is 4.59. The minimum Gasteiger partial charge on any atom is -0.462 e. The van der Waals surface area contributed by atoms with Gasteiger partial charge in [0.2, 0.25) is 10.0 Å². The van der Waals surface area contributed by atoms with Crippen molar-refractivity contribution in [2.45, 2.75) is 77.7 Å². The number of carbonyl (C=O) groups is 2. The van der Waals surface area contributed by atoms with Gasteiger partial charge in [0, 0.05) is 36.6 Å². The number of esters is 1. The molecule has 1 aliphatic rings. The van der Waals surface area contributed by atoms with Crippen LogP contribution in [0, 0.1) is 0 Å². The molecule has 2 aromatic rings. The second-order valence-electron chi connectivity index (χ2n) is 9.54. The molecule has 210 valence electrons. The number of sulfonamides is 1. The molecule has 1 aromatic carbocycles. The van der Waals surface area contributed by atoms with Gasteiger partial charge in [-0.1, -0.05) is 33.6 Å². The smallest absolute Gasteiger partial charge is 0.341 e. The Morgan fingerprint density at radius 3 is 2.26 bits per heavy atom. The van der Waals surface area contributed by atoms with Crippen molar-refractivity contribution in [3.63, 3.8) is 0 Å². The summed E-state index contributed by atoms with van der Waals surface area (Å²) in [5.41, 5.74) is 1.72. The lowest BCUT2D eigenvalue weighted by Crippen LogP contribution is -2.33. The topological polar surface area (TPSA) is 96.0 Å². The number of hydrogen-bond acceptors (Lipinski definition) is 7. The van der Waals surface area contributed by atoms with E-state index in [1.54, 1.807) is 11.2 Å². The third kappa shape index (κ3) is 7.22. The largest absolute Gasteiger partial charge is 0.462 e. The number of anilines is 1. The number of nitrogens with zero attached hydrogens (tertiary/aromatic N) is 2. The van der Waals surface area contributed by atoms with Gasteiger partial charge in [-0.05, 0) is 69.0 Å². The van der Waals surface area contributed by atoms with Gasteiger partial charge < -0.3 is 10.1 Å². The zero-order chi connectivity index (χ0) is 27.7. The van der Waals surface area contributed by atoms with Gasteiger partial charge in [-0.25, -0.2) is 13.2 Å². The molecule has 1 aromatic heterocycles. The average molecular weight is 564 g/mol. The summed E-state index contributed by atoms with van der Waals surface area (Å²) in [7, 11) is -3.65. The van der Waals surface area contributed by atoms with Crippen molar-refractivity contribution in [2.75, 3.05) is 38.1 Å². The van der Waals surface area contributed by atoms with Crippen LogP contribution in [0.2, 0.25) is 0 Å². The predicted molar refractivity (Wildman–Crippen MR) is 153 cm³/mol. The monoisotopic (exact) mass is 563 g/mol. The van der Waals surface area contributed by atoms with E-state index in [1.165, 1.54) is 35.6 Å². The van der Waals surface area contributed by atoms with E-state index in [1.807, 2.05) is 13.8 Å². The van der Waals surface area contributed by atoms with Gasteiger partial charge in [-0.2, -0.15) is 4.31 Å². The second kappa shape index (κ2) is 14.2. The molecule has 10 heteroatoms. The highest BCUT2D eigenvalue weighted by molar-refractivity contribution is 7.89. The fraction of sp³-hybridized carbons (Fsp3) is 0.571. The third-order valence-corrected chi connectivity index (χ3v) is 9.70. The van der Waals surface area contributed by atoms with Gasteiger partial charge in [0.15, 0.2) is 0 Å². The predicted octanol–water partition coefficient (Wildman–Crippen LogP) is 5.54. The third-order valence-electron chi connectivity index (χ3n) is 6.66. The zero-order valence-electron chi connectivity index (χ0n) is 23.0. The number of ether oxygens (including phenoxy) is 1. The van der Waals surface area contributed by atoms with Gasteiger partial charge >= 0.3 is 5.97 Å². The van der Waals surface area contributed by atoms with Crippen molar-refractivity contribution in [3.05, 3.63) is 45.8 Å². The number of benzene rings is 1. The molecular formula is C28H41N3O5S2. The number of fused-ring (bicyclic) bond motifs is 1. The Balaban J connectivity index is 1.82. The normalized spacial score (nSPS) is 13.9. The van der Waals surface area contributed by atoms with Crippen LogP contribution in [0.1, 0.15) is 91.0 Å². The lowest BCUT2D eigenvalue weighted by molar-refractivity contribution is 0.0526. The SMILES string of the molecule is CCCCN(CCCC)S(=O)(=O)c1ccc(C(=O)Nc2sc3c(c2C(=O)OCC)CCN(CCC)C3)cc1. The molecule has 8 nitrogen and oxygen atoms in total. The lowest BCUT2D eigenvalue weighted by Gasteiger charge is -2.26. The maximum Gasteiger partial charge on any atom is 0.341 e. The molecule has 0 saturated carbocycles. The molecule has 38 heavy (non-hydrogen) atoms. The molecular weight excluding hydrogens is 522 g/mol. The molecule has 1 aliphatic heterocycles. The fourth-order valence-corrected chi connectivity index (χ4v) is 7.38. The van der Waals surface area contributed by atoms with Crippen molar-refractivity contribution in [2.24, 2.45) is 0 Å².